The van der Waals surface area contributed by atoms with Crippen molar-refractivity contribution in [1.29, 1.82) is 0 Å². The molecular weight excluding hydrogens is 354 g/mol. The SMILES string of the molecule is COc1c(C)cccc1C(=O)NCc1ccc(-c2ccnc3ncnn23)cc1. The van der Waals surface area contributed by atoms with E-state index in [4.69, 9.17) is 4.74 Å². The van der Waals surface area contributed by atoms with Crippen molar-refractivity contribution in [3.05, 3.63) is 77.7 Å². The van der Waals surface area contributed by atoms with Gasteiger partial charge in [0.2, 0.25) is 0 Å². The highest BCUT2D eigenvalue weighted by molar-refractivity contribution is 5.97. The minimum absolute atomic E-state index is 0.164. The van der Waals surface area contributed by atoms with Crippen molar-refractivity contribution in [2.75, 3.05) is 7.11 Å². The Hall–Kier alpha value is -3.74. The second-order valence-electron chi connectivity index (χ2n) is 6.34. The van der Waals surface area contributed by atoms with Crippen LogP contribution in [0.5, 0.6) is 5.75 Å². The molecule has 0 spiro atoms. The first-order valence-corrected chi connectivity index (χ1v) is 8.83. The number of hydrogen-bond acceptors (Lipinski definition) is 5. The van der Waals surface area contributed by atoms with Gasteiger partial charge in [0.1, 0.15) is 12.1 Å². The third-order valence-corrected chi connectivity index (χ3v) is 4.54. The second-order valence-corrected chi connectivity index (χ2v) is 6.34. The van der Waals surface area contributed by atoms with E-state index in [0.717, 1.165) is 22.4 Å². The minimum Gasteiger partial charge on any atom is -0.496 e. The Kier molecular flexibility index (Phi) is 4.72. The van der Waals surface area contributed by atoms with Crippen molar-refractivity contribution in [1.82, 2.24) is 24.9 Å². The average Bonchev–Trinajstić information content (AvgIpc) is 3.21. The van der Waals surface area contributed by atoms with Gasteiger partial charge in [0, 0.05) is 18.3 Å². The Labute approximate surface area is 162 Å². The van der Waals surface area contributed by atoms with Crippen LogP contribution >= 0.6 is 0 Å². The molecule has 0 aliphatic rings. The van der Waals surface area contributed by atoms with E-state index >= 15 is 0 Å². The van der Waals surface area contributed by atoms with Gasteiger partial charge in [-0.3, -0.25) is 4.79 Å². The molecular formula is C21H19N5O2. The maximum absolute atomic E-state index is 12.5. The van der Waals surface area contributed by atoms with Crippen LogP contribution in [0.3, 0.4) is 0 Å². The lowest BCUT2D eigenvalue weighted by atomic mass is 10.1. The number of amides is 1. The number of rotatable bonds is 5. The number of benzene rings is 2. The molecule has 4 aromatic rings. The van der Waals surface area contributed by atoms with Crippen LogP contribution in [-0.4, -0.2) is 32.6 Å². The molecule has 0 aliphatic heterocycles. The molecule has 0 radical (unpaired) electrons. The van der Waals surface area contributed by atoms with Crippen LogP contribution in [0.4, 0.5) is 0 Å². The van der Waals surface area contributed by atoms with Gasteiger partial charge in [0.05, 0.1) is 18.4 Å². The number of nitrogens with zero attached hydrogens (tertiary/aromatic N) is 4. The number of methoxy groups -OCH3 is 1. The number of carbonyl (C=O) groups is 1. The molecule has 0 aliphatic carbocycles. The molecule has 2 aromatic carbocycles. The standard InChI is InChI=1S/C21H19N5O2/c1-14-4-3-5-17(19(14)28-2)20(27)23-12-15-6-8-16(9-7-15)18-10-11-22-21-24-13-25-26(18)21/h3-11,13H,12H2,1-2H3,(H,23,27). The lowest BCUT2D eigenvalue weighted by Crippen LogP contribution is -2.23. The quantitative estimate of drug-likeness (QED) is 0.581. The molecule has 0 saturated carbocycles. The number of ether oxygens (including phenoxy) is 1. The Bertz CT molecular complexity index is 1140. The van der Waals surface area contributed by atoms with Gasteiger partial charge < -0.3 is 10.1 Å². The molecule has 7 heteroatoms. The summed E-state index contributed by atoms with van der Waals surface area (Å²) in [6.07, 6.45) is 3.19. The average molecular weight is 373 g/mol. The summed E-state index contributed by atoms with van der Waals surface area (Å²) < 4.78 is 7.06. The fourth-order valence-corrected chi connectivity index (χ4v) is 3.13. The third-order valence-electron chi connectivity index (χ3n) is 4.54. The van der Waals surface area contributed by atoms with Crippen molar-refractivity contribution in [2.24, 2.45) is 0 Å². The van der Waals surface area contributed by atoms with Crippen LogP contribution in [0.2, 0.25) is 0 Å². The molecule has 2 heterocycles. The number of fused-ring (bicyclic) bond motifs is 1. The van der Waals surface area contributed by atoms with E-state index in [-0.39, 0.29) is 5.91 Å². The topological polar surface area (TPSA) is 81.4 Å². The maximum atomic E-state index is 12.5. The van der Waals surface area contributed by atoms with Crippen LogP contribution in [0, 0.1) is 6.92 Å². The molecule has 0 fully saturated rings. The first-order valence-electron chi connectivity index (χ1n) is 8.83. The van der Waals surface area contributed by atoms with Gasteiger partial charge in [-0.05, 0) is 30.2 Å². The second kappa shape index (κ2) is 7.48. The molecule has 7 nitrogen and oxygen atoms in total. The highest BCUT2D eigenvalue weighted by Crippen LogP contribution is 2.23. The number of hydrogen-bond donors (Lipinski definition) is 1. The predicted octanol–water partition coefficient (Wildman–Crippen LogP) is 3.04. The molecule has 2 aromatic heterocycles. The Morgan fingerprint density at radius 3 is 2.71 bits per heavy atom. The van der Waals surface area contributed by atoms with E-state index in [2.05, 4.69) is 20.4 Å². The van der Waals surface area contributed by atoms with Crippen molar-refractivity contribution >= 4 is 11.7 Å². The summed E-state index contributed by atoms with van der Waals surface area (Å²) in [6, 6.07) is 15.4. The summed E-state index contributed by atoms with van der Waals surface area (Å²) >= 11 is 0. The predicted molar refractivity (Wildman–Crippen MR) is 105 cm³/mol. The van der Waals surface area contributed by atoms with Gasteiger partial charge in [0.15, 0.2) is 0 Å². The largest absolute Gasteiger partial charge is 0.496 e. The molecule has 28 heavy (non-hydrogen) atoms. The Morgan fingerprint density at radius 1 is 1.11 bits per heavy atom. The smallest absolute Gasteiger partial charge is 0.255 e. The monoisotopic (exact) mass is 373 g/mol. The first kappa shape index (κ1) is 17.7. The van der Waals surface area contributed by atoms with E-state index in [9.17, 15) is 4.79 Å². The molecule has 0 bridgehead atoms. The van der Waals surface area contributed by atoms with Gasteiger partial charge in [0.25, 0.3) is 11.7 Å². The summed E-state index contributed by atoms with van der Waals surface area (Å²) in [5.41, 5.74) is 4.35. The molecule has 140 valence electrons. The van der Waals surface area contributed by atoms with Crippen molar-refractivity contribution in [3.8, 4) is 17.0 Å². The Morgan fingerprint density at radius 2 is 1.93 bits per heavy atom. The number of aromatic nitrogens is 4. The van der Waals surface area contributed by atoms with Crippen LogP contribution in [0.15, 0.2) is 61.1 Å². The zero-order valence-electron chi connectivity index (χ0n) is 15.6. The van der Waals surface area contributed by atoms with Gasteiger partial charge in [-0.15, -0.1) is 0 Å². The molecule has 1 N–H and O–H groups in total. The van der Waals surface area contributed by atoms with E-state index in [1.165, 1.54) is 6.33 Å². The Balaban J connectivity index is 1.49. The zero-order valence-corrected chi connectivity index (χ0v) is 15.6. The van der Waals surface area contributed by atoms with Gasteiger partial charge >= 0.3 is 0 Å². The zero-order chi connectivity index (χ0) is 19.5. The number of para-hydroxylation sites is 1. The summed E-state index contributed by atoms with van der Waals surface area (Å²) in [7, 11) is 1.57. The first-order chi connectivity index (χ1) is 13.7. The van der Waals surface area contributed by atoms with Gasteiger partial charge in [-0.25, -0.2) is 4.98 Å². The lowest BCUT2D eigenvalue weighted by molar-refractivity contribution is 0.0947. The third kappa shape index (κ3) is 3.29. The van der Waals surface area contributed by atoms with Crippen LogP contribution in [0.1, 0.15) is 21.5 Å². The van der Waals surface area contributed by atoms with E-state index in [1.807, 2.05) is 49.4 Å². The highest BCUT2D eigenvalue weighted by atomic mass is 16.5. The summed E-state index contributed by atoms with van der Waals surface area (Å²) in [4.78, 5) is 20.8. The highest BCUT2D eigenvalue weighted by Gasteiger charge is 2.13. The molecule has 1 amide bonds. The van der Waals surface area contributed by atoms with Crippen LogP contribution in [-0.2, 0) is 6.54 Å². The van der Waals surface area contributed by atoms with Crippen molar-refractivity contribution < 1.29 is 9.53 Å². The van der Waals surface area contributed by atoms with Crippen LogP contribution in [0.25, 0.3) is 17.0 Å². The summed E-state index contributed by atoms with van der Waals surface area (Å²) in [5, 5.41) is 7.15. The van der Waals surface area contributed by atoms with E-state index in [0.29, 0.717) is 23.6 Å². The molecule has 0 saturated heterocycles. The number of aryl methyl sites for hydroxylation is 1. The normalized spacial score (nSPS) is 10.8. The number of nitrogens with one attached hydrogen (secondary N) is 1. The lowest BCUT2D eigenvalue weighted by Gasteiger charge is -2.12. The van der Waals surface area contributed by atoms with E-state index in [1.54, 1.807) is 23.9 Å². The minimum atomic E-state index is -0.164. The number of carbonyl (C=O) groups excluding carboxylic acids is 1. The van der Waals surface area contributed by atoms with Crippen molar-refractivity contribution in [2.45, 2.75) is 13.5 Å². The van der Waals surface area contributed by atoms with Crippen LogP contribution < -0.4 is 10.1 Å². The van der Waals surface area contributed by atoms with E-state index < -0.39 is 0 Å². The molecule has 0 atom stereocenters. The maximum Gasteiger partial charge on any atom is 0.255 e. The fourth-order valence-electron chi connectivity index (χ4n) is 3.13. The fraction of sp³-hybridized carbons (Fsp3) is 0.143. The van der Waals surface area contributed by atoms with Crippen molar-refractivity contribution in [3.63, 3.8) is 0 Å². The van der Waals surface area contributed by atoms with Gasteiger partial charge in [-0.1, -0.05) is 36.4 Å². The molecule has 4 rings (SSSR count). The van der Waals surface area contributed by atoms with Gasteiger partial charge in [-0.2, -0.15) is 14.6 Å². The summed E-state index contributed by atoms with van der Waals surface area (Å²) in [5.74, 6) is 0.994. The summed E-state index contributed by atoms with van der Waals surface area (Å²) in [6.45, 7) is 2.34. The molecule has 0 unspecified atom stereocenters.